The molecule has 3 rings (SSSR count). The normalized spacial score (nSPS) is 10.9. The molecular weight excluding hydrogens is 460 g/mol. The summed E-state index contributed by atoms with van der Waals surface area (Å²) in [5.41, 5.74) is 0.821. The molecule has 1 heterocycles. The van der Waals surface area contributed by atoms with E-state index in [0.29, 0.717) is 23.6 Å². The zero-order valence-electron chi connectivity index (χ0n) is 19.1. The van der Waals surface area contributed by atoms with Gasteiger partial charge in [-0.15, -0.1) is 0 Å². The van der Waals surface area contributed by atoms with E-state index in [9.17, 15) is 13.2 Å². The third-order valence-electron chi connectivity index (χ3n) is 4.62. The first-order valence-corrected chi connectivity index (χ1v) is 12.0. The van der Waals surface area contributed by atoms with Gasteiger partial charge in [-0.25, -0.2) is 8.42 Å². The lowest BCUT2D eigenvalue weighted by Gasteiger charge is -2.12. The van der Waals surface area contributed by atoms with Crippen LogP contribution in [0.5, 0.6) is 17.6 Å². The molecule has 0 radical (unpaired) electrons. The molecule has 0 atom stereocenters. The van der Waals surface area contributed by atoms with Gasteiger partial charge in [0.05, 0.1) is 31.3 Å². The number of hydrogen-bond acceptors (Lipinski definition) is 8. The van der Waals surface area contributed by atoms with E-state index in [2.05, 4.69) is 26.9 Å². The molecule has 0 saturated heterocycles. The highest BCUT2D eigenvalue weighted by Gasteiger charge is 2.18. The number of nitrogens with one attached hydrogen (secondary N) is 2. The van der Waals surface area contributed by atoms with Crippen molar-refractivity contribution in [3.63, 3.8) is 0 Å². The van der Waals surface area contributed by atoms with Crippen molar-refractivity contribution in [1.29, 1.82) is 0 Å². The predicted molar refractivity (Wildman–Crippen MR) is 127 cm³/mol. The molecule has 0 spiro atoms. The van der Waals surface area contributed by atoms with Crippen LogP contribution in [0.15, 0.2) is 59.5 Å². The van der Waals surface area contributed by atoms with Gasteiger partial charge in [-0.2, -0.15) is 9.97 Å². The van der Waals surface area contributed by atoms with Gasteiger partial charge >= 0.3 is 6.01 Å². The number of sulfonamides is 1. The standard InChI is InChI=1S/C23H26N4O6S/c1-4-5-14-33-19-9-7-6-8-18(19)22(28)24-16-10-12-17(13-11-16)34(29,30)27-20-15-21(31-2)26-23(25-20)32-3/h6-13,15H,4-5,14H2,1-3H3,(H,24,28)(H,25,26,27). The summed E-state index contributed by atoms with van der Waals surface area (Å²) in [4.78, 5) is 20.6. The number of carbonyl (C=O) groups is 1. The fourth-order valence-electron chi connectivity index (χ4n) is 2.87. The van der Waals surface area contributed by atoms with Crippen molar-refractivity contribution in [2.24, 2.45) is 0 Å². The first-order chi connectivity index (χ1) is 16.4. The van der Waals surface area contributed by atoms with Crippen molar-refractivity contribution >= 4 is 27.4 Å². The largest absolute Gasteiger partial charge is 0.493 e. The van der Waals surface area contributed by atoms with E-state index < -0.39 is 10.0 Å². The molecular formula is C23H26N4O6S. The van der Waals surface area contributed by atoms with Crippen LogP contribution in [0.3, 0.4) is 0 Å². The van der Waals surface area contributed by atoms with Crippen molar-refractivity contribution < 1.29 is 27.4 Å². The monoisotopic (exact) mass is 486 g/mol. The second-order valence-electron chi connectivity index (χ2n) is 7.06. The summed E-state index contributed by atoms with van der Waals surface area (Å²) >= 11 is 0. The highest BCUT2D eigenvalue weighted by Crippen LogP contribution is 2.23. The summed E-state index contributed by atoms with van der Waals surface area (Å²) in [7, 11) is -1.22. The lowest BCUT2D eigenvalue weighted by Crippen LogP contribution is -2.16. The Balaban J connectivity index is 1.72. The van der Waals surface area contributed by atoms with Gasteiger partial charge in [0.2, 0.25) is 5.88 Å². The lowest BCUT2D eigenvalue weighted by molar-refractivity contribution is 0.102. The Kier molecular flexibility index (Phi) is 8.25. The maximum atomic E-state index is 12.8. The first kappa shape index (κ1) is 24.8. The Bertz CT molecular complexity index is 1210. The summed E-state index contributed by atoms with van der Waals surface area (Å²) in [5.74, 6) is 0.260. The Labute approximate surface area is 198 Å². The smallest absolute Gasteiger partial charge is 0.321 e. The van der Waals surface area contributed by atoms with Crippen molar-refractivity contribution in [2.45, 2.75) is 24.7 Å². The molecule has 2 N–H and O–H groups in total. The molecule has 2 aromatic carbocycles. The zero-order chi connectivity index (χ0) is 24.6. The van der Waals surface area contributed by atoms with Gasteiger partial charge in [0, 0.05) is 11.8 Å². The number of hydrogen-bond donors (Lipinski definition) is 2. The Morgan fingerprint density at radius 1 is 1.00 bits per heavy atom. The van der Waals surface area contributed by atoms with E-state index in [1.807, 2.05) is 0 Å². The van der Waals surface area contributed by atoms with Crippen LogP contribution in [0.1, 0.15) is 30.1 Å². The number of amides is 1. The topological polar surface area (TPSA) is 129 Å². The molecule has 10 nitrogen and oxygen atoms in total. The second-order valence-corrected chi connectivity index (χ2v) is 8.75. The van der Waals surface area contributed by atoms with Crippen molar-refractivity contribution in [3.8, 4) is 17.6 Å². The lowest BCUT2D eigenvalue weighted by atomic mass is 10.2. The van der Waals surface area contributed by atoms with Crippen LogP contribution >= 0.6 is 0 Å². The second kappa shape index (κ2) is 11.3. The van der Waals surface area contributed by atoms with E-state index >= 15 is 0 Å². The third-order valence-corrected chi connectivity index (χ3v) is 5.99. The highest BCUT2D eigenvalue weighted by atomic mass is 32.2. The number of carbonyl (C=O) groups excluding carboxylic acids is 1. The Hall–Kier alpha value is -3.86. The van der Waals surface area contributed by atoms with Crippen molar-refractivity contribution in [3.05, 3.63) is 60.2 Å². The minimum absolute atomic E-state index is 0.0132. The third kappa shape index (κ3) is 6.35. The first-order valence-electron chi connectivity index (χ1n) is 10.5. The fraction of sp³-hybridized carbons (Fsp3) is 0.261. The Morgan fingerprint density at radius 3 is 2.41 bits per heavy atom. The quantitative estimate of drug-likeness (QED) is 0.392. The van der Waals surface area contributed by atoms with Gasteiger partial charge in [-0.1, -0.05) is 25.5 Å². The van der Waals surface area contributed by atoms with Gasteiger partial charge in [0.25, 0.3) is 15.9 Å². The summed E-state index contributed by atoms with van der Waals surface area (Å²) in [6.45, 7) is 2.58. The van der Waals surface area contributed by atoms with Crippen LogP contribution in [-0.4, -0.2) is 45.1 Å². The number of anilines is 2. The van der Waals surface area contributed by atoms with Crippen LogP contribution in [0.4, 0.5) is 11.5 Å². The van der Waals surface area contributed by atoms with E-state index in [0.717, 1.165) is 12.8 Å². The molecule has 3 aromatic rings. The van der Waals surface area contributed by atoms with Gasteiger partial charge < -0.3 is 19.5 Å². The number of ether oxygens (including phenoxy) is 3. The molecule has 0 aliphatic heterocycles. The maximum absolute atomic E-state index is 12.8. The van der Waals surface area contributed by atoms with Gasteiger partial charge in [-0.3, -0.25) is 9.52 Å². The Morgan fingerprint density at radius 2 is 1.74 bits per heavy atom. The molecule has 180 valence electrons. The molecule has 0 unspecified atom stereocenters. The predicted octanol–water partition coefficient (Wildman–Crippen LogP) is 3.73. The molecule has 1 amide bonds. The van der Waals surface area contributed by atoms with E-state index in [4.69, 9.17) is 14.2 Å². The van der Waals surface area contributed by atoms with Crippen molar-refractivity contribution in [2.75, 3.05) is 30.9 Å². The molecule has 0 fully saturated rings. The summed E-state index contributed by atoms with van der Waals surface area (Å²) < 4.78 is 43.6. The minimum atomic E-state index is -3.96. The SMILES string of the molecule is CCCCOc1ccccc1C(=O)Nc1ccc(S(=O)(=O)Nc2cc(OC)nc(OC)n2)cc1. The number of benzene rings is 2. The van der Waals surface area contributed by atoms with E-state index in [-0.39, 0.29) is 28.5 Å². The minimum Gasteiger partial charge on any atom is -0.493 e. The number of rotatable bonds is 11. The average Bonchev–Trinajstić information content (AvgIpc) is 2.84. The van der Waals surface area contributed by atoms with Gasteiger partial charge in [0.1, 0.15) is 5.75 Å². The zero-order valence-corrected chi connectivity index (χ0v) is 19.9. The van der Waals surface area contributed by atoms with Crippen molar-refractivity contribution in [1.82, 2.24) is 9.97 Å². The van der Waals surface area contributed by atoms with E-state index in [1.165, 1.54) is 44.6 Å². The number of unbranched alkanes of at least 4 members (excludes halogenated alkanes) is 1. The van der Waals surface area contributed by atoms with Gasteiger partial charge in [0.15, 0.2) is 5.82 Å². The average molecular weight is 487 g/mol. The molecule has 0 aliphatic rings. The molecule has 0 saturated carbocycles. The van der Waals surface area contributed by atoms with Crippen LogP contribution < -0.4 is 24.2 Å². The molecule has 34 heavy (non-hydrogen) atoms. The van der Waals surface area contributed by atoms with Crippen LogP contribution in [0.2, 0.25) is 0 Å². The number of aromatic nitrogens is 2. The van der Waals surface area contributed by atoms with E-state index in [1.54, 1.807) is 24.3 Å². The summed E-state index contributed by atoms with van der Waals surface area (Å²) in [6, 6.07) is 14.0. The number of nitrogens with zero attached hydrogens (tertiary/aromatic N) is 2. The highest BCUT2D eigenvalue weighted by molar-refractivity contribution is 7.92. The number of para-hydroxylation sites is 1. The maximum Gasteiger partial charge on any atom is 0.321 e. The van der Waals surface area contributed by atoms with Crippen LogP contribution in [0, 0.1) is 0 Å². The molecule has 1 aromatic heterocycles. The fourth-order valence-corrected chi connectivity index (χ4v) is 3.86. The summed E-state index contributed by atoms with van der Waals surface area (Å²) in [6.07, 6.45) is 1.87. The van der Waals surface area contributed by atoms with Crippen LogP contribution in [0.25, 0.3) is 0 Å². The van der Waals surface area contributed by atoms with Crippen LogP contribution in [-0.2, 0) is 10.0 Å². The molecule has 11 heteroatoms. The summed E-state index contributed by atoms with van der Waals surface area (Å²) in [5, 5.41) is 2.76. The molecule has 0 aliphatic carbocycles. The van der Waals surface area contributed by atoms with Gasteiger partial charge in [-0.05, 0) is 42.8 Å². The molecule has 0 bridgehead atoms. The number of methoxy groups -OCH3 is 2.